The number of amides is 1. The van der Waals surface area contributed by atoms with Gasteiger partial charge in [0, 0.05) is 30.8 Å². The fourth-order valence-electron chi connectivity index (χ4n) is 2.30. The summed E-state index contributed by atoms with van der Waals surface area (Å²) in [6.45, 7) is 3.55. The summed E-state index contributed by atoms with van der Waals surface area (Å²) in [6, 6.07) is 10.4. The number of benzene rings is 2. The summed E-state index contributed by atoms with van der Waals surface area (Å²) in [5, 5.41) is 13.3. The van der Waals surface area contributed by atoms with E-state index >= 15 is 0 Å². The number of rotatable bonds is 7. The molecule has 0 atom stereocenters. The standard InChI is InChI=1S/C17H19N3O5S/c1-12-6-7-13(2)16(10-12)26(24,25)19-9-8-18-17(21)14-4-3-5-15(11-14)20(22)23/h3-7,10-11,19H,8-9H2,1-2H3,(H,18,21). The number of hydrogen-bond donors (Lipinski definition) is 2. The number of non-ortho nitro benzene ring substituents is 1. The maximum absolute atomic E-state index is 12.3. The average Bonchev–Trinajstić information content (AvgIpc) is 2.60. The number of carbonyl (C=O) groups is 1. The predicted molar refractivity (Wildman–Crippen MR) is 96.5 cm³/mol. The molecule has 2 rings (SSSR count). The van der Waals surface area contributed by atoms with Crippen molar-refractivity contribution >= 4 is 21.6 Å². The largest absolute Gasteiger partial charge is 0.351 e. The van der Waals surface area contributed by atoms with Crippen LogP contribution in [-0.2, 0) is 10.0 Å². The lowest BCUT2D eigenvalue weighted by Crippen LogP contribution is -2.35. The molecular weight excluding hydrogens is 358 g/mol. The smallest absolute Gasteiger partial charge is 0.270 e. The van der Waals surface area contributed by atoms with Crippen molar-refractivity contribution in [1.29, 1.82) is 0 Å². The van der Waals surface area contributed by atoms with Gasteiger partial charge in [0.25, 0.3) is 11.6 Å². The molecule has 0 aliphatic heterocycles. The molecule has 0 aromatic heterocycles. The minimum atomic E-state index is -3.68. The van der Waals surface area contributed by atoms with Gasteiger partial charge in [0.1, 0.15) is 0 Å². The highest BCUT2D eigenvalue weighted by molar-refractivity contribution is 7.89. The van der Waals surface area contributed by atoms with Gasteiger partial charge in [0.15, 0.2) is 0 Å². The van der Waals surface area contributed by atoms with E-state index in [0.29, 0.717) is 5.56 Å². The minimum Gasteiger partial charge on any atom is -0.351 e. The van der Waals surface area contributed by atoms with E-state index in [9.17, 15) is 23.3 Å². The van der Waals surface area contributed by atoms with Crippen LogP contribution in [0.5, 0.6) is 0 Å². The Morgan fingerprint density at radius 2 is 1.85 bits per heavy atom. The van der Waals surface area contributed by atoms with Crippen molar-refractivity contribution in [2.75, 3.05) is 13.1 Å². The van der Waals surface area contributed by atoms with Gasteiger partial charge in [-0.3, -0.25) is 14.9 Å². The van der Waals surface area contributed by atoms with E-state index in [0.717, 1.165) is 11.6 Å². The first-order chi connectivity index (χ1) is 12.2. The molecule has 2 N–H and O–H groups in total. The highest BCUT2D eigenvalue weighted by atomic mass is 32.2. The summed E-state index contributed by atoms with van der Waals surface area (Å²) in [7, 11) is -3.68. The van der Waals surface area contributed by atoms with Crippen molar-refractivity contribution in [2.24, 2.45) is 0 Å². The quantitative estimate of drug-likeness (QED) is 0.434. The predicted octanol–water partition coefficient (Wildman–Crippen LogP) is 1.92. The lowest BCUT2D eigenvalue weighted by Gasteiger charge is -2.11. The van der Waals surface area contributed by atoms with E-state index in [4.69, 9.17) is 0 Å². The molecule has 8 nitrogen and oxygen atoms in total. The lowest BCUT2D eigenvalue weighted by molar-refractivity contribution is -0.384. The van der Waals surface area contributed by atoms with Gasteiger partial charge in [-0.05, 0) is 37.1 Å². The van der Waals surface area contributed by atoms with Crippen molar-refractivity contribution in [2.45, 2.75) is 18.7 Å². The van der Waals surface area contributed by atoms with Gasteiger partial charge >= 0.3 is 0 Å². The maximum atomic E-state index is 12.3. The number of nitro benzene ring substituents is 1. The second kappa shape index (κ2) is 8.07. The van der Waals surface area contributed by atoms with Crippen LogP contribution in [0.2, 0.25) is 0 Å². The van der Waals surface area contributed by atoms with E-state index in [1.165, 1.54) is 18.2 Å². The molecular formula is C17H19N3O5S. The Labute approximate surface area is 151 Å². The third kappa shape index (κ3) is 4.87. The van der Waals surface area contributed by atoms with Crippen LogP contribution in [0.15, 0.2) is 47.4 Å². The Morgan fingerprint density at radius 3 is 2.54 bits per heavy atom. The molecule has 0 saturated carbocycles. The summed E-state index contributed by atoms with van der Waals surface area (Å²) in [4.78, 5) is 22.3. The van der Waals surface area contributed by atoms with Crippen LogP contribution < -0.4 is 10.0 Å². The Balaban J connectivity index is 1.94. The molecule has 2 aromatic carbocycles. The van der Waals surface area contributed by atoms with E-state index in [1.807, 2.05) is 6.07 Å². The molecule has 0 saturated heterocycles. The van der Waals surface area contributed by atoms with Gasteiger partial charge in [-0.25, -0.2) is 13.1 Å². The molecule has 0 spiro atoms. The normalized spacial score (nSPS) is 11.2. The number of sulfonamides is 1. The molecule has 2 aromatic rings. The van der Waals surface area contributed by atoms with Crippen molar-refractivity contribution in [1.82, 2.24) is 10.0 Å². The number of carbonyl (C=O) groups excluding carboxylic acids is 1. The van der Waals surface area contributed by atoms with Gasteiger partial charge in [-0.2, -0.15) is 0 Å². The van der Waals surface area contributed by atoms with Crippen molar-refractivity contribution < 1.29 is 18.1 Å². The van der Waals surface area contributed by atoms with Crippen LogP contribution in [0, 0.1) is 24.0 Å². The highest BCUT2D eigenvalue weighted by Crippen LogP contribution is 2.16. The number of nitrogens with zero attached hydrogens (tertiary/aromatic N) is 1. The molecule has 0 bridgehead atoms. The summed E-state index contributed by atoms with van der Waals surface area (Å²) in [5.41, 5.74) is 1.41. The van der Waals surface area contributed by atoms with E-state index in [2.05, 4.69) is 10.0 Å². The zero-order valence-electron chi connectivity index (χ0n) is 14.4. The molecule has 0 fully saturated rings. The number of nitrogens with one attached hydrogen (secondary N) is 2. The second-order valence-corrected chi connectivity index (χ2v) is 7.47. The van der Waals surface area contributed by atoms with Crippen LogP contribution in [0.4, 0.5) is 5.69 Å². The average molecular weight is 377 g/mol. The summed E-state index contributed by atoms with van der Waals surface area (Å²) < 4.78 is 27.1. The summed E-state index contributed by atoms with van der Waals surface area (Å²) in [5.74, 6) is -0.514. The van der Waals surface area contributed by atoms with Crippen molar-refractivity contribution in [3.05, 3.63) is 69.3 Å². The van der Waals surface area contributed by atoms with Crippen LogP contribution in [-0.4, -0.2) is 32.3 Å². The summed E-state index contributed by atoms with van der Waals surface area (Å²) >= 11 is 0. The molecule has 1 amide bonds. The van der Waals surface area contributed by atoms with E-state index in [-0.39, 0.29) is 29.2 Å². The molecule has 26 heavy (non-hydrogen) atoms. The number of hydrogen-bond acceptors (Lipinski definition) is 5. The number of aryl methyl sites for hydroxylation is 2. The third-order valence-corrected chi connectivity index (χ3v) is 5.26. The fourth-order valence-corrected chi connectivity index (χ4v) is 3.66. The van der Waals surface area contributed by atoms with Gasteiger partial charge in [0.05, 0.1) is 9.82 Å². The molecule has 9 heteroatoms. The monoisotopic (exact) mass is 377 g/mol. The fraction of sp³-hybridized carbons (Fsp3) is 0.235. The van der Waals surface area contributed by atoms with Crippen molar-refractivity contribution in [3.8, 4) is 0 Å². The van der Waals surface area contributed by atoms with Gasteiger partial charge in [-0.1, -0.05) is 18.2 Å². The SMILES string of the molecule is Cc1ccc(C)c(S(=O)(=O)NCCNC(=O)c2cccc([N+](=O)[O-])c2)c1. The molecule has 138 valence electrons. The second-order valence-electron chi connectivity index (χ2n) is 5.73. The Bertz CT molecular complexity index is 941. The topological polar surface area (TPSA) is 118 Å². The zero-order chi connectivity index (χ0) is 19.3. The number of nitro groups is 1. The highest BCUT2D eigenvalue weighted by Gasteiger charge is 2.17. The lowest BCUT2D eigenvalue weighted by atomic mass is 10.2. The minimum absolute atomic E-state index is 0.00359. The Kier molecular flexibility index (Phi) is 6.06. The maximum Gasteiger partial charge on any atom is 0.270 e. The molecule has 0 aliphatic carbocycles. The Morgan fingerprint density at radius 1 is 1.12 bits per heavy atom. The van der Waals surface area contributed by atoms with Crippen LogP contribution in [0.3, 0.4) is 0 Å². The third-order valence-electron chi connectivity index (χ3n) is 3.65. The first kappa shape index (κ1) is 19.5. The van der Waals surface area contributed by atoms with Gasteiger partial charge in [0.2, 0.25) is 10.0 Å². The molecule has 0 aliphatic rings. The van der Waals surface area contributed by atoms with E-state index < -0.39 is 20.9 Å². The van der Waals surface area contributed by atoms with Crippen LogP contribution in [0.1, 0.15) is 21.5 Å². The Hall–Kier alpha value is -2.78. The van der Waals surface area contributed by atoms with Crippen LogP contribution >= 0.6 is 0 Å². The first-order valence-electron chi connectivity index (χ1n) is 7.80. The zero-order valence-corrected chi connectivity index (χ0v) is 15.2. The van der Waals surface area contributed by atoms with Gasteiger partial charge < -0.3 is 5.32 Å². The van der Waals surface area contributed by atoms with Crippen molar-refractivity contribution in [3.63, 3.8) is 0 Å². The molecule has 0 unspecified atom stereocenters. The molecule has 0 radical (unpaired) electrons. The van der Waals surface area contributed by atoms with Crippen LogP contribution in [0.25, 0.3) is 0 Å². The van der Waals surface area contributed by atoms with E-state index in [1.54, 1.807) is 26.0 Å². The van der Waals surface area contributed by atoms with Gasteiger partial charge in [-0.15, -0.1) is 0 Å². The first-order valence-corrected chi connectivity index (χ1v) is 9.28. The molecule has 0 heterocycles. The summed E-state index contributed by atoms with van der Waals surface area (Å²) in [6.07, 6.45) is 0.